The summed E-state index contributed by atoms with van der Waals surface area (Å²) < 4.78 is 43.6. The minimum absolute atomic E-state index is 0.0654. The van der Waals surface area contributed by atoms with Crippen molar-refractivity contribution < 1.29 is 23.0 Å². The van der Waals surface area contributed by atoms with Gasteiger partial charge in [-0.05, 0) is 17.7 Å². The Hall–Kier alpha value is -2.01. The lowest BCUT2D eigenvalue weighted by Crippen LogP contribution is -2.03. The van der Waals surface area contributed by atoms with Crippen LogP contribution in [0.5, 0.6) is 5.75 Å². The summed E-state index contributed by atoms with van der Waals surface area (Å²) in [6.07, 6.45) is -3.79. The van der Waals surface area contributed by atoms with E-state index in [1.807, 2.05) is 0 Å². The van der Waals surface area contributed by atoms with Gasteiger partial charge in [0.25, 0.3) is 6.43 Å². The summed E-state index contributed by atoms with van der Waals surface area (Å²) in [5.74, 6) is -0.277. The van der Waals surface area contributed by atoms with Gasteiger partial charge in [-0.25, -0.2) is 13.2 Å². The predicted molar refractivity (Wildman–Crippen MR) is 68.4 cm³/mol. The lowest BCUT2D eigenvalue weighted by Gasteiger charge is -2.13. The second kappa shape index (κ2) is 5.96. The topological polar surface area (TPSA) is 29.5 Å². The van der Waals surface area contributed by atoms with Crippen LogP contribution in [-0.2, 0) is 0 Å². The molecule has 0 aliphatic heterocycles. The van der Waals surface area contributed by atoms with Crippen molar-refractivity contribution in [2.75, 3.05) is 7.11 Å². The van der Waals surface area contributed by atoms with E-state index >= 15 is 0 Å². The van der Waals surface area contributed by atoms with Gasteiger partial charge in [0.2, 0.25) is 0 Å². The molecule has 0 bridgehead atoms. The Labute approximate surface area is 114 Å². The number of rotatable bonds is 4. The number of ether oxygens (including phenoxy) is 1. The third-order valence-corrected chi connectivity index (χ3v) is 3.01. The molecule has 106 valence electrons. The van der Waals surface area contributed by atoms with Crippen molar-refractivity contribution in [1.29, 1.82) is 0 Å². The summed E-state index contributed by atoms with van der Waals surface area (Å²) in [5, 5.41) is 10.1. The van der Waals surface area contributed by atoms with Crippen LogP contribution in [0.4, 0.5) is 13.2 Å². The van der Waals surface area contributed by atoms with Crippen molar-refractivity contribution in [1.82, 2.24) is 0 Å². The van der Waals surface area contributed by atoms with Gasteiger partial charge >= 0.3 is 0 Å². The van der Waals surface area contributed by atoms with E-state index in [0.29, 0.717) is 11.3 Å². The maximum absolute atomic E-state index is 13.8. The van der Waals surface area contributed by atoms with Gasteiger partial charge in [0.05, 0.1) is 7.11 Å². The molecule has 2 aromatic carbocycles. The summed E-state index contributed by atoms with van der Waals surface area (Å²) in [4.78, 5) is 0. The summed E-state index contributed by atoms with van der Waals surface area (Å²) in [5.41, 5.74) is 0.269. The monoisotopic (exact) mass is 282 g/mol. The zero-order valence-electron chi connectivity index (χ0n) is 10.7. The summed E-state index contributed by atoms with van der Waals surface area (Å²) in [6.45, 7) is 0. The summed E-state index contributed by atoms with van der Waals surface area (Å²) >= 11 is 0. The van der Waals surface area contributed by atoms with Gasteiger partial charge in [-0.2, -0.15) is 0 Å². The zero-order valence-corrected chi connectivity index (χ0v) is 10.7. The number of benzene rings is 2. The molecular formula is C15H13F3O2. The molecule has 0 saturated heterocycles. The van der Waals surface area contributed by atoms with E-state index in [4.69, 9.17) is 4.74 Å². The molecule has 0 radical (unpaired) electrons. The van der Waals surface area contributed by atoms with E-state index in [1.54, 1.807) is 0 Å². The highest BCUT2D eigenvalue weighted by molar-refractivity contribution is 5.36. The first-order valence-electron chi connectivity index (χ1n) is 5.92. The van der Waals surface area contributed by atoms with Crippen LogP contribution in [0.3, 0.4) is 0 Å². The van der Waals surface area contributed by atoms with Crippen LogP contribution in [-0.4, -0.2) is 12.2 Å². The third kappa shape index (κ3) is 2.93. The summed E-state index contributed by atoms with van der Waals surface area (Å²) in [6, 6.07) is 9.22. The van der Waals surface area contributed by atoms with Gasteiger partial charge < -0.3 is 9.84 Å². The molecule has 0 amide bonds. The Morgan fingerprint density at radius 1 is 1.00 bits per heavy atom. The highest BCUT2D eigenvalue weighted by Crippen LogP contribution is 2.28. The van der Waals surface area contributed by atoms with Gasteiger partial charge in [-0.15, -0.1) is 0 Å². The number of aliphatic hydroxyl groups excluding tert-OH is 1. The first-order valence-corrected chi connectivity index (χ1v) is 5.92. The van der Waals surface area contributed by atoms with E-state index in [1.165, 1.54) is 43.5 Å². The molecule has 0 aliphatic carbocycles. The Morgan fingerprint density at radius 2 is 1.60 bits per heavy atom. The van der Waals surface area contributed by atoms with Crippen molar-refractivity contribution in [3.8, 4) is 5.75 Å². The number of aliphatic hydroxyl groups is 1. The Morgan fingerprint density at radius 3 is 2.10 bits per heavy atom. The summed E-state index contributed by atoms with van der Waals surface area (Å²) in [7, 11) is 1.41. The van der Waals surface area contributed by atoms with Gasteiger partial charge in [-0.1, -0.05) is 24.3 Å². The molecule has 0 heterocycles. The van der Waals surface area contributed by atoms with Crippen molar-refractivity contribution in [3.63, 3.8) is 0 Å². The Balaban J connectivity index is 2.28. The molecule has 0 saturated carbocycles. The fraction of sp³-hybridized carbons (Fsp3) is 0.200. The molecule has 1 atom stereocenters. The normalized spacial score (nSPS) is 12.5. The van der Waals surface area contributed by atoms with E-state index in [9.17, 15) is 18.3 Å². The quantitative estimate of drug-likeness (QED) is 0.922. The van der Waals surface area contributed by atoms with Crippen molar-refractivity contribution in [2.24, 2.45) is 0 Å². The molecule has 2 nitrogen and oxygen atoms in total. The predicted octanol–water partition coefficient (Wildman–Crippen LogP) is 3.85. The molecule has 0 spiro atoms. The molecule has 1 N–H and O–H groups in total. The maximum atomic E-state index is 13.8. The number of methoxy groups -OCH3 is 1. The minimum atomic E-state index is -2.57. The standard InChI is InChI=1S/C15H13F3O2/c1-20-11-6-7-12(13(16)8-11)14(19)9-2-4-10(5-3-9)15(17)18/h2-8,14-15,19H,1H3. The smallest absolute Gasteiger partial charge is 0.263 e. The molecule has 0 aromatic heterocycles. The van der Waals surface area contributed by atoms with Gasteiger partial charge in [0, 0.05) is 17.2 Å². The first kappa shape index (κ1) is 14.4. The van der Waals surface area contributed by atoms with Crippen LogP contribution in [0.15, 0.2) is 42.5 Å². The SMILES string of the molecule is COc1ccc(C(O)c2ccc(C(F)F)cc2)c(F)c1. The Kier molecular flexibility index (Phi) is 4.29. The largest absolute Gasteiger partial charge is 0.497 e. The molecule has 2 rings (SSSR count). The van der Waals surface area contributed by atoms with Crippen molar-refractivity contribution in [2.45, 2.75) is 12.5 Å². The molecule has 5 heteroatoms. The number of hydrogen-bond acceptors (Lipinski definition) is 2. The van der Waals surface area contributed by atoms with Crippen molar-refractivity contribution in [3.05, 3.63) is 65.0 Å². The molecular weight excluding hydrogens is 269 g/mol. The van der Waals surface area contributed by atoms with Crippen LogP contribution in [0.1, 0.15) is 29.2 Å². The zero-order chi connectivity index (χ0) is 14.7. The number of halogens is 3. The maximum Gasteiger partial charge on any atom is 0.263 e. The molecule has 20 heavy (non-hydrogen) atoms. The highest BCUT2D eigenvalue weighted by Gasteiger charge is 2.16. The average Bonchev–Trinajstić information content (AvgIpc) is 2.46. The number of alkyl halides is 2. The Bertz CT molecular complexity index is 582. The van der Waals surface area contributed by atoms with Crippen LogP contribution in [0.25, 0.3) is 0 Å². The van der Waals surface area contributed by atoms with Gasteiger partial charge in [0.1, 0.15) is 17.7 Å². The van der Waals surface area contributed by atoms with E-state index < -0.39 is 18.3 Å². The molecule has 0 aliphatic rings. The van der Waals surface area contributed by atoms with E-state index in [0.717, 1.165) is 6.07 Å². The molecule has 0 fully saturated rings. The fourth-order valence-electron chi connectivity index (χ4n) is 1.86. The third-order valence-electron chi connectivity index (χ3n) is 3.01. The van der Waals surface area contributed by atoms with Crippen LogP contribution in [0.2, 0.25) is 0 Å². The highest BCUT2D eigenvalue weighted by atomic mass is 19.3. The minimum Gasteiger partial charge on any atom is -0.497 e. The molecule has 1 unspecified atom stereocenters. The number of hydrogen-bond donors (Lipinski definition) is 1. The average molecular weight is 282 g/mol. The second-order valence-corrected chi connectivity index (χ2v) is 4.26. The van der Waals surface area contributed by atoms with Gasteiger partial charge in [0.15, 0.2) is 0 Å². The second-order valence-electron chi connectivity index (χ2n) is 4.26. The van der Waals surface area contributed by atoms with Crippen molar-refractivity contribution >= 4 is 0 Å². The lowest BCUT2D eigenvalue weighted by molar-refractivity contribution is 0.151. The molecule has 2 aromatic rings. The van der Waals surface area contributed by atoms with Crippen LogP contribution in [0, 0.1) is 5.82 Å². The van der Waals surface area contributed by atoms with E-state index in [2.05, 4.69) is 0 Å². The van der Waals surface area contributed by atoms with Crippen LogP contribution < -0.4 is 4.74 Å². The fourth-order valence-corrected chi connectivity index (χ4v) is 1.86. The lowest BCUT2D eigenvalue weighted by atomic mass is 10.00. The van der Waals surface area contributed by atoms with Gasteiger partial charge in [-0.3, -0.25) is 0 Å². The first-order chi connectivity index (χ1) is 9.52. The van der Waals surface area contributed by atoms with Crippen LogP contribution >= 0.6 is 0 Å². The van der Waals surface area contributed by atoms with E-state index in [-0.39, 0.29) is 11.1 Å².